The summed E-state index contributed by atoms with van der Waals surface area (Å²) in [5, 5.41) is 9.10. The van der Waals surface area contributed by atoms with E-state index in [1.165, 1.54) is 0 Å². The van der Waals surface area contributed by atoms with Crippen molar-refractivity contribution in [3.8, 4) is 0 Å². The van der Waals surface area contributed by atoms with Crippen molar-refractivity contribution in [3.05, 3.63) is 102 Å². The summed E-state index contributed by atoms with van der Waals surface area (Å²) in [6.07, 6.45) is 3.69. The van der Waals surface area contributed by atoms with Crippen molar-refractivity contribution >= 4 is 17.7 Å². The van der Waals surface area contributed by atoms with Crippen LogP contribution in [0.1, 0.15) is 23.1 Å². The number of aromatic nitrogens is 1. The van der Waals surface area contributed by atoms with Crippen LogP contribution in [-0.4, -0.2) is 21.8 Å². The van der Waals surface area contributed by atoms with Crippen LogP contribution in [0.5, 0.6) is 0 Å². The minimum absolute atomic E-state index is 0.122. The Balaban J connectivity index is 2.18. The topological polar surface area (TPSA) is 50.2 Å². The molecule has 0 aliphatic heterocycles. The van der Waals surface area contributed by atoms with Gasteiger partial charge in [-0.15, -0.1) is 11.8 Å². The van der Waals surface area contributed by atoms with Crippen molar-refractivity contribution < 1.29 is 9.90 Å². The lowest BCUT2D eigenvalue weighted by atomic mass is 9.84. The first-order valence-electron chi connectivity index (χ1n) is 8.11. The zero-order valence-electron chi connectivity index (χ0n) is 13.7. The number of hydrogen-bond acceptors (Lipinski definition) is 3. The Morgan fingerprint density at radius 3 is 1.80 bits per heavy atom. The lowest BCUT2D eigenvalue weighted by Gasteiger charge is -2.35. The lowest BCUT2D eigenvalue weighted by Crippen LogP contribution is -2.26. The van der Waals surface area contributed by atoms with E-state index in [9.17, 15) is 4.79 Å². The average molecular weight is 349 g/mol. The van der Waals surface area contributed by atoms with Crippen LogP contribution in [0.15, 0.2) is 85.2 Å². The zero-order valence-corrected chi connectivity index (χ0v) is 14.5. The first-order chi connectivity index (χ1) is 12.2. The number of rotatable bonds is 7. The maximum absolute atomic E-state index is 11.1. The van der Waals surface area contributed by atoms with E-state index >= 15 is 0 Å². The molecule has 0 aliphatic rings. The molecular formula is C21H19NO2S. The van der Waals surface area contributed by atoms with Gasteiger partial charge in [0.15, 0.2) is 0 Å². The first kappa shape index (κ1) is 17.2. The number of carboxylic acid groups (broad SMARTS) is 1. The molecule has 0 saturated carbocycles. The highest BCUT2D eigenvalue weighted by Gasteiger charge is 2.36. The summed E-state index contributed by atoms with van der Waals surface area (Å²) in [6.45, 7) is 0. The van der Waals surface area contributed by atoms with Gasteiger partial charge < -0.3 is 5.11 Å². The standard InChI is InChI=1S/C21H19NO2S/c23-20(24)13-16-25-21(17-7-3-1-4-8-17,18-9-5-2-6-10-18)19-11-14-22-15-12-19/h1-12,14-15H,13,16H2,(H,23,24). The molecule has 0 radical (unpaired) electrons. The van der Waals surface area contributed by atoms with Crippen LogP contribution < -0.4 is 0 Å². The molecular weight excluding hydrogens is 330 g/mol. The minimum atomic E-state index is -0.780. The van der Waals surface area contributed by atoms with Crippen molar-refractivity contribution in [1.82, 2.24) is 4.98 Å². The van der Waals surface area contributed by atoms with Crippen LogP contribution in [0.4, 0.5) is 0 Å². The molecule has 0 spiro atoms. The van der Waals surface area contributed by atoms with Gasteiger partial charge in [0, 0.05) is 18.1 Å². The summed E-state index contributed by atoms with van der Waals surface area (Å²) >= 11 is 1.65. The predicted molar refractivity (Wildman–Crippen MR) is 102 cm³/mol. The van der Waals surface area contributed by atoms with Crippen LogP contribution in [0, 0.1) is 0 Å². The summed E-state index contributed by atoms with van der Waals surface area (Å²) < 4.78 is -0.471. The lowest BCUT2D eigenvalue weighted by molar-refractivity contribution is -0.136. The summed E-state index contributed by atoms with van der Waals surface area (Å²) in [5.41, 5.74) is 3.35. The van der Waals surface area contributed by atoms with Gasteiger partial charge in [-0.2, -0.15) is 0 Å². The molecule has 3 rings (SSSR count). The second kappa shape index (κ2) is 7.99. The highest BCUT2D eigenvalue weighted by Crippen LogP contribution is 2.48. The SMILES string of the molecule is O=C(O)CCSC(c1ccccc1)(c1ccccc1)c1ccncc1. The average Bonchev–Trinajstić information content (AvgIpc) is 2.67. The number of carboxylic acids is 1. The second-order valence-corrected chi connectivity index (χ2v) is 6.95. The molecule has 0 bridgehead atoms. The number of thioether (sulfide) groups is 1. The maximum atomic E-state index is 11.1. The van der Waals surface area contributed by atoms with Crippen LogP contribution in [0.25, 0.3) is 0 Å². The fourth-order valence-corrected chi connectivity index (χ4v) is 4.46. The molecule has 126 valence electrons. The van der Waals surface area contributed by atoms with E-state index in [1.807, 2.05) is 48.5 Å². The van der Waals surface area contributed by atoms with Gasteiger partial charge in [0.25, 0.3) is 0 Å². The largest absolute Gasteiger partial charge is 0.481 e. The molecule has 25 heavy (non-hydrogen) atoms. The number of benzene rings is 2. The van der Waals surface area contributed by atoms with E-state index in [-0.39, 0.29) is 6.42 Å². The maximum Gasteiger partial charge on any atom is 0.304 e. The van der Waals surface area contributed by atoms with Gasteiger partial charge in [0.2, 0.25) is 0 Å². The first-order valence-corrected chi connectivity index (χ1v) is 9.09. The Bertz CT molecular complexity index is 710. The van der Waals surface area contributed by atoms with Crippen LogP contribution >= 0.6 is 11.8 Å². The van der Waals surface area contributed by atoms with Crippen molar-refractivity contribution in [1.29, 1.82) is 0 Å². The Hall–Kier alpha value is -2.59. The van der Waals surface area contributed by atoms with Gasteiger partial charge >= 0.3 is 5.97 Å². The van der Waals surface area contributed by atoms with Crippen LogP contribution in [-0.2, 0) is 9.54 Å². The molecule has 0 atom stereocenters. The molecule has 1 N–H and O–H groups in total. The van der Waals surface area contributed by atoms with Crippen LogP contribution in [0.3, 0.4) is 0 Å². The molecule has 0 unspecified atom stereocenters. The predicted octanol–water partition coefficient (Wildman–Crippen LogP) is 4.58. The second-order valence-electron chi connectivity index (χ2n) is 5.64. The van der Waals surface area contributed by atoms with E-state index < -0.39 is 10.7 Å². The van der Waals surface area contributed by atoms with Gasteiger partial charge in [0.05, 0.1) is 11.2 Å². The molecule has 3 nitrogen and oxygen atoms in total. The van der Waals surface area contributed by atoms with Crippen molar-refractivity contribution in [2.75, 3.05) is 5.75 Å². The molecule has 0 aliphatic carbocycles. The quantitative estimate of drug-likeness (QED) is 0.678. The third kappa shape index (κ3) is 3.74. The minimum Gasteiger partial charge on any atom is -0.481 e. The number of nitrogens with zero attached hydrogens (tertiary/aromatic N) is 1. The number of carbonyl (C=O) groups is 1. The van der Waals surface area contributed by atoms with Gasteiger partial charge in [0.1, 0.15) is 0 Å². The molecule has 2 aromatic carbocycles. The summed E-state index contributed by atoms with van der Waals surface area (Å²) in [5.74, 6) is -0.265. The Morgan fingerprint density at radius 1 is 0.840 bits per heavy atom. The van der Waals surface area contributed by atoms with E-state index in [0.29, 0.717) is 5.75 Å². The van der Waals surface area contributed by atoms with Gasteiger partial charge in [-0.1, -0.05) is 60.7 Å². The zero-order chi connectivity index (χ0) is 17.5. The summed E-state index contributed by atoms with van der Waals surface area (Å²) in [7, 11) is 0. The molecule has 0 amide bonds. The third-order valence-corrected chi connectivity index (χ3v) is 5.63. The fraction of sp³-hybridized carbons (Fsp3) is 0.143. The monoisotopic (exact) mass is 349 g/mol. The van der Waals surface area contributed by atoms with Gasteiger partial charge in [-0.05, 0) is 28.8 Å². The normalized spacial score (nSPS) is 11.2. The molecule has 0 saturated heterocycles. The Labute approximate surface area is 151 Å². The Kier molecular flexibility index (Phi) is 5.51. The van der Waals surface area contributed by atoms with E-state index in [4.69, 9.17) is 5.11 Å². The third-order valence-electron chi connectivity index (χ3n) is 4.08. The fourth-order valence-electron chi connectivity index (χ4n) is 2.97. The number of pyridine rings is 1. The number of hydrogen-bond donors (Lipinski definition) is 1. The summed E-state index contributed by atoms with van der Waals surface area (Å²) in [6, 6.07) is 24.5. The molecule has 4 heteroatoms. The van der Waals surface area contributed by atoms with Crippen molar-refractivity contribution in [2.24, 2.45) is 0 Å². The molecule has 0 fully saturated rings. The van der Waals surface area contributed by atoms with E-state index in [2.05, 4.69) is 29.2 Å². The van der Waals surface area contributed by atoms with Crippen molar-refractivity contribution in [2.45, 2.75) is 11.2 Å². The molecule has 1 heterocycles. The highest BCUT2D eigenvalue weighted by atomic mass is 32.2. The van der Waals surface area contributed by atoms with Gasteiger partial charge in [-0.3, -0.25) is 9.78 Å². The van der Waals surface area contributed by atoms with E-state index in [1.54, 1.807) is 24.2 Å². The Morgan fingerprint density at radius 2 is 1.32 bits per heavy atom. The number of aliphatic carboxylic acids is 1. The summed E-state index contributed by atoms with van der Waals surface area (Å²) in [4.78, 5) is 15.2. The smallest absolute Gasteiger partial charge is 0.304 e. The van der Waals surface area contributed by atoms with Gasteiger partial charge in [-0.25, -0.2) is 0 Å². The molecule has 1 aromatic heterocycles. The highest BCUT2D eigenvalue weighted by molar-refractivity contribution is 8.00. The van der Waals surface area contributed by atoms with Crippen LogP contribution in [0.2, 0.25) is 0 Å². The van der Waals surface area contributed by atoms with Crippen molar-refractivity contribution in [3.63, 3.8) is 0 Å². The van der Waals surface area contributed by atoms with E-state index in [0.717, 1.165) is 16.7 Å². The molecule has 3 aromatic rings.